The number of rotatable bonds is 2. The lowest BCUT2D eigenvalue weighted by Crippen LogP contribution is -2.58. The average Bonchev–Trinajstić information content (AvgIpc) is 2.65. The first-order chi connectivity index (χ1) is 9.86. The number of nitrogens with zero attached hydrogens (tertiary/aromatic N) is 1. The Morgan fingerprint density at radius 2 is 1.95 bits per heavy atom. The Balaban J connectivity index is 1.60. The fourth-order valence-corrected chi connectivity index (χ4v) is 5.39. The number of amidine groups is 1. The van der Waals surface area contributed by atoms with Crippen molar-refractivity contribution in [3.8, 4) is 0 Å². The van der Waals surface area contributed by atoms with E-state index in [0.717, 1.165) is 32.1 Å². The van der Waals surface area contributed by atoms with E-state index in [1.165, 1.54) is 6.42 Å². The number of hydrogen-bond acceptors (Lipinski definition) is 4. The SMILES string of the molecule is CC(C)C1OC(=NC23CC4CC(CC(O)(C4)C2)C3)NC1=O. The summed E-state index contributed by atoms with van der Waals surface area (Å²) < 4.78 is 5.71. The summed E-state index contributed by atoms with van der Waals surface area (Å²) in [4.78, 5) is 16.7. The molecule has 0 aromatic rings. The maximum absolute atomic E-state index is 11.9. The van der Waals surface area contributed by atoms with Crippen molar-refractivity contribution in [2.75, 3.05) is 0 Å². The highest BCUT2D eigenvalue weighted by atomic mass is 16.5. The summed E-state index contributed by atoms with van der Waals surface area (Å²) >= 11 is 0. The van der Waals surface area contributed by atoms with E-state index in [-0.39, 0.29) is 17.4 Å². The van der Waals surface area contributed by atoms with Gasteiger partial charge in [-0.3, -0.25) is 10.1 Å². The number of aliphatic hydroxyl groups is 1. The first-order valence-electron chi connectivity index (χ1n) is 8.16. The molecule has 5 fully saturated rings. The standard InChI is InChI=1S/C16H24N2O3/c1-9(2)12-13(19)17-14(21-12)18-15-4-10-3-11(5-15)7-16(20,6-10)8-15/h9-12,20H,3-8H2,1-2H3,(H,17,18,19). The van der Waals surface area contributed by atoms with Crippen LogP contribution < -0.4 is 5.32 Å². The second-order valence-corrected chi connectivity index (χ2v) is 8.10. The minimum Gasteiger partial charge on any atom is -0.451 e. The number of carbonyl (C=O) groups is 1. The molecule has 2 N–H and O–H groups in total. The average molecular weight is 292 g/mol. The second-order valence-electron chi connectivity index (χ2n) is 8.10. The number of amides is 1. The minimum absolute atomic E-state index is 0.0906. The lowest BCUT2D eigenvalue weighted by atomic mass is 9.51. The van der Waals surface area contributed by atoms with Gasteiger partial charge in [-0.2, -0.15) is 0 Å². The van der Waals surface area contributed by atoms with Crippen molar-refractivity contribution in [3.63, 3.8) is 0 Å². The van der Waals surface area contributed by atoms with Crippen LogP contribution in [0.3, 0.4) is 0 Å². The van der Waals surface area contributed by atoms with Crippen LogP contribution in [0.25, 0.3) is 0 Å². The van der Waals surface area contributed by atoms with Crippen molar-refractivity contribution in [2.45, 2.75) is 69.6 Å². The van der Waals surface area contributed by atoms with Crippen LogP contribution in [0, 0.1) is 17.8 Å². The van der Waals surface area contributed by atoms with Gasteiger partial charge in [-0.1, -0.05) is 13.8 Å². The molecule has 116 valence electrons. The Kier molecular flexibility index (Phi) is 2.72. The predicted molar refractivity (Wildman–Crippen MR) is 77.7 cm³/mol. The zero-order valence-corrected chi connectivity index (χ0v) is 12.8. The normalized spacial score (nSPS) is 49.8. The van der Waals surface area contributed by atoms with E-state index in [2.05, 4.69) is 5.32 Å². The maximum atomic E-state index is 11.9. The van der Waals surface area contributed by atoms with Crippen LogP contribution in [0.5, 0.6) is 0 Å². The fraction of sp³-hybridized carbons (Fsp3) is 0.875. The van der Waals surface area contributed by atoms with Gasteiger partial charge < -0.3 is 9.84 Å². The quantitative estimate of drug-likeness (QED) is 0.812. The van der Waals surface area contributed by atoms with E-state index in [4.69, 9.17) is 9.73 Å². The lowest BCUT2D eigenvalue weighted by molar-refractivity contribution is -0.132. The number of ether oxygens (including phenoxy) is 1. The molecule has 1 aliphatic heterocycles. The molecule has 1 saturated heterocycles. The smallest absolute Gasteiger partial charge is 0.292 e. The van der Waals surface area contributed by atoms with Gasteiger partial charge in [-0.25, -0.2) is 4.99 Å². The monoisotopic (exact) mass is 292 g/mol. The van der Waals surface area contributed by atoms with E-state index in [1.807, 2.05) is 13.8 Å². The van der Waals surface area contributed by atoms with E-state index in [0.29, 0.717) is 17.9 Å². The van der Waals surface area contributed by atoms with E-state index < -0.39 is 11.7 Å². The Hall–Kier alpha value is -1.10. The van der Waals surface area contributed by atoms with Crippen LogP contribution in [0.15, 0.2) is 4.99 Å². The highest BCUT2D eigenvalue weighted by Crippen LogP contribution is 2.59. The molecule has 0 spiro atoms. The highest BCUT2D eigenvalue weighted by Gasteiger charge is 2.58. The third kappa shape index (κ3) is 2.17. The van der Waals surface area contributed by atoms with Crippen LogP contribution in [0.4, 0.5) is 0 Å². The molecule has 3 unspecified atom stereocenters. The van der Waals surface area contributed by atoms with Crippen molar-refractivity contribution >= 4 is 11.9 Å². The van der Waals surface area contributed by atoms with Gasteiger partial charge >= 0.3 is 0 Å². The van der Waals surface area contributed by atoms with Gasteiger partial charge in [0.25, 0.3) is 11.9 Å². The van der Waals surface area contributed by atoms with Crippen molar-refractivity contribution in [2.24, 2.45) is 22.7 Å². The summed E-state index contributed by atoms with van der Waals surface area (Å²) in [6.07, 6.45) is 5.44. The summed E-state index contributed by atoms with van der Waals surface area (Å²) in [6, 6.07) is 0.379. The highest BCUT2D eigenvalue weighted by molar-refractivity contribution is 6.02. The summed E-state index contributed by atoms with van der Waals surface area (Å²) in [7, 11) is 0. The van der Waals surface area contributed by atoms with E-state index in [1.54, 1.807) is 0 Å². The van der Waals surface area contributed by atoms with Crippen molar-refractivity contribution in [1.29, 1.82) is 0 Å². The molecule has 4 saturated carbocycles. The number of hydrogen-bond donors (Lipinski definition) is 2. The van der Waals surface area contributed by atoms with Crippen LogP contribution in [0.2, 0.25) is 0 Å². The van der Waals surface area contributed by atoms with Gasteiger partial charge in [0, 0.05) is 6.42 Å². The van der Waals surface area contributed by atoms with Crippen LogP contribution in [-0.2, 0) is 9.53 Å². The van der Waals surface area contributed by atoms with Crippen molar-refractivity contribution in [1.82, 2.24) is 5.32 Å². The molecular weight excluding hydrogens is 268 g/mol. The van der Waals surface area contributed by atoms with Gasteiger partial charge in [0.15, 0.2) is 6.10 Å². The molecule has 0 aromatic carbocycles. The lowest BCUT2D eigenvalue weighted by Gasteiger charge is -2.58. The number of aliphatic imine (C=N–C) groups is 1. The molecule has 5 aliphatic rings. The van der Waals surface area contributed by atoms with Crippen LogP contribution >= 0.6 is 0 Å². The molecule has 0 radical (unpaired) electrons. The van der Waals surface area contributed by atoms with Crippen molar-refractivity contribution < 1.29 is 14.6 Å². The fourth-order valence-electron chi connectivity index (χ4n) is 5.39. The maximum Gasteiger partial charge on any atom is 0.292 e. The first kappa shape index (κ1) is 13.6. The van der Waals surface area contributed by atoms with Gasteiger partial charge in [-0.15, -0.1) is 0 Å². The van der Waals surface area contributed by atoms with E-state index in [9.17, 15) is 9.90 Å². The molecule has 5 rings (SSSR count). The molecule has 1 heterocycles. The Labute approximate surface area is 125 Å². The molecule has 21 heavy (non-hydrogen) atoms. The first-order valence-corrected chi connectivity index (χ1v) is 8.16. The van der Waals surface area contributed by atoms with Crippen molar-refractivity contribution in [3.05, 3.63) is 0 Å². The Morgan fingerprint density at radius 1 is 1.29 bits per heavy atom. The van der Waals surface area contributed by atoms with Crippen LogP contribution in [0.1, 0.15) is 52.4 Å². The zero-order chi connectivity index (χ0) is 14.8. The largest absolute Gasteiger partial charge is 0.451 e. The number of nitrogens with one attached hydrogen (secondary N) is 1. The summed E-state index contributed by atoms with van der Waals surface area (Å²) in [5.41, 5.74) is -0.748. The van der Waals surface area contributed by atoms with Gasteiger partial charge in [0.05, 0.1) is 11.1 Å². The predicted octanol–water partition coefficient (Wildman–Crippen LogP) is 1.60. The summed E-state index contributed by atoms with van der Waals surface area (Å²) in [6.45, 7) is 3.95. The molecule has 1 amide bonds. The Bertz CT molecular complexity index is 500. The number of carbonyl (C=O) groups excluding carboxylic acids is 1. The van der Waals surface area contributed by atoms with Gasteiger partial charge in [0.2, 0.25) is 0 Å². The molecule has 0 aromatic heterocycles. The van der Waals surface area contributed by atoms with Gasteiger partial charge in [-0.05, 0) is 49.9 Å². The summed E-state index contributed by atoms with van der Waals surface area (Å²) in [5, 5.41) is 13.5. The molecular formula is C16H24N2O3. The third-order valence-electron chi connectivity index (χ3n) is 5.67. The molecule has 3 atom stereocenters. The second kappa shape index (κ2) is 4.22. The Morgan fingerprint density at radius 3 is 2.48 bits per heavy atom. The molecule has 5 heteroatoms. The van der Waals surface area contributed by atoms with Crippen LogP contribution in [-0.4, -0.2) is 34.3 Å². The summed E-state index contributed by atoms with van der Waals surface area (Å²) in [5.74, 6) is 1.21. The van der Waals surface area contributed by atoms with Gasteiger partial charge in [0.1, 0.15) is 0 Å². The molecule has 4 aliphatic carbocycles. The third-order valence-corrected chi connectivity index (χ3v) is 5.67. The zero-order valence-electron chi connectivity index (χ0n) is 12.8. The molecule has 4 bridgehead atoms. The topological polar surface area (TPSA) is 70.9 Å². The van der Waals surface area contributed by atoms with E-state index >= 15 is 0 Å². The molecule has 5 nitrogen and oxygen atoms in total. The minimum atomic E-state index is -0.534.